The van der Waals surface area contributed by atoms with Gasteiger partial charge in [0.25, 0.3) is 0 Å². The maximum Gasteiger partial charge on any atom is 1.00 e. The van der Waals surface area contributed by atoms with Gasteiger partial charge in [-0.3, -0.25) is 0 Å². The summed E-state index contributed by atoms with van der Waals surface area (Å²) in [5.41, 5.74) is 0. The second kappa shape index (κ2) is 3.33. The minimum Gasteiger partial charge on any atom is -0.340 e. The zero-order valence-corrected chi connectivity index (χ0v) is 6.97. The van der Waals surface area contributed by atoms with Gasteiger partial charge in [0, 0.05) is 0 Å². The molecule has 0 aliphatic heterocycles. The van der Waals surface area contributed by atoms with Gasteiger partial charge >= 0.3 is 18.9 Å². The molecule has 0 saturated heterocycles. The van der Waals surface area contributed by atoms with Crippen molar-refractivity contribution in [2.75, 3.05) is 0 Å². The Morgan fingerprint density at radius 1 is 1.00 bits per heavy atom. The molecular formula is C9H15Li. The van der Waals surface area contributed by atoms with Gasteiger partial charge in [-0.15, -0.1) is 0 Å². The fourth-order valence-corrected chi connectivity index (χ4v) is 2.69. The van der Waals surface area contributed by atoms with E-state index in [0.717, 1.165) is 17.8 Å². The molecule has 2 fully saturated rings. The van der Waals surface area contributed by atoms with E-state index in [1.807, 2.05) is 0 Å². The molecular weight excluding hydrogens is 115 g/mol. The molecule has 0 nitrogen and oxygen atoms in total. The van der Waals surface area contributed by atoms with Gasteiger partial charge in [-0.05, 0) is 11.8 Å². The summed E-state index contributed by atoms with van der Waals surface area (Å²) in [6, 6.07) is 0. The van der Waals surface area contributed by atoms with Crippen LogP contribution in [0.3, 0.4) is 0 Å². The summed E-state index contributed by atoms with van der Waals surface area (Å²) >= 11 is 0. The predicted molar refractivity (Wildman–Crippen MR) is 38.9 cm³/mol. The molecule has 0 N–H and O–H groups in total. The van der Waals surface area contributed by atoms with Crippen molar-refractivity contribution >= 4 is 0 Å². The molecule has 1 heteroatoms. The van der Waals surface area contributed by atoms with E-state index in [1.54, 1.807) is 0 Å². The largest absolute Gasteiger partial charge is 1.00 e. The van der Waals surface area contributed by atoms with Gasteiger partial charge in [-0.1, -0.05) is 32.1 Å². The van der Waals surface area contributed by atoms with Crippen LogP contribution in [-0.4, -0.2) is 0 Å². The Bertz CT molecular complexity index is 99.3. The molecule has 0 aromatic rings. The molecule has 2 saturated carbocycles. The minimum atomic E-state index is 0. The summed E-state index contributed by atoms with van der Waals surface area (Å²) in [6.45, 7) is 4.12. The summed E-state index contributed by atoms with van der Waals surface area (Å²) in [5.74, 6) is 2.99. The summed E-state index contributed by atoms with van der Waals surface area (Å²) in [6.07, 6.45) is 7.39. The Kier molecular flexibility index (Phi) is 2.89. The van der Waals surface area contributed by atoms with Gasteiger partial charge < -0.3 is 6.92 Å². The van der Waals surface area contributed by atoms with Crippen LogP contribution in [0.4, 0.5) is 0 Å². The van der Waals surface area contributed by atoms with Crippen molar-refractivity contribution in [3.05, 3.63) is 6.92 Å². The zero-order chi connectivity index (χ0) is 6.27. The van der Waals surface area contributed by atoms with Gasteiger partial charge in [0.15, 0.2) is 0 Å². The van der Waals surface area contributed by atoms with Gasteiger partial charge in [0.1, 0.15) is 0 Å². The molecule has 52 valence electrons. The fourth-order valence-electron chi connectivity index (χ4n) is 2.69. The maximum absolute atomic E-state index is 4.12. The maximum atomic E-state index is 4.12. The first-order chi connectivity index (χ1) is 4.36. The van der Waals surface area contributed by atoms with E-state index in [4.69, 9.17) is 0 Å². The molecule has 0 aromatic carbocycles. The number of hydrogen-bond acceptors (Lipinski definition) is 0. The summed E-state index contributed by atoms with van der Waals surface area (Å²) in [5, 5.41) is 0. The molecule has 0 heterocycles. The van der Waals surface area contributed by atoms with E-state index in [-0.39, 0.29) is 18.9 Å². The molecule has 0 spiro atoms. The Hall–Kier alpha value is 0.597. The first kappa shape index (κ1) is 8.69. The average molecular weight is 130 g/mol. The molecule has 2 aliphatic rings. The van der Waals surface area contributed by atoms with Crippen LogP contribution in [0.1, 0.15) is 32.1 Å². The minimum absolute atomic E-state index is 0. The van der Waals surface area contributed by atoms with Crippen molar-refractivity contribution < 1.29 is 18.9 Å². The van der Waals surface area contributed by atoms with E-state index in [2.05, 4.69) is 6.92 Å². The number of hydrogen-bond donors (Lipinski definition) is 0. The smallest absolute Gasteiger partial charge is 0.340 e. The molecule has 2 unspecified atom stereocenters. The van der Waals surface area contributed by atoms with Gasteiger partial charge in [-0.25, -0.2) is 0 Å². The first-order valence-corrected chi connectivity index (χ1v) is 4.19. The molecule has 10 heavy (non-hydrogen) atoms. The summed E-state index contributed by atoms with van der Waals surface area (Å²) in [7, 11) is 0. The fraction of sp³-hybridized carbons (Fsp3) is 0.889. The molecule has 2 aliphatic carbocycles. The Labute approximate surface area is 75.9 Å². The van der Waals surface area contributed by atoms with Crippen LogP contribution in [-0.2, 0) is 0 Å². The molecule has 0 amide bonds. The van der Waals surface area contributed by atoms with Crippen LogP contribution in [0.5, 0.6) is 0 Å². The van der Waals surface area contributed by atoms with Crippen molar-refractivity contribution in [1.29, 1.82) is 0 Å². The molecule has 2 rings (SSSR count). The first-order valence-electron chi connectivity index (χ1n) is 4.19. The van der Waals surface area contributed by atoms with Gasteiger partial charge in [-0.2, -0.15) is 5.92 Å². The van der Waals surface area contributed by atoms with Crippen LogP contribution in [0.2, 0.25) is 0 Å². The summed E-state index contributed by atoms with van der Waals surface area (Å²) in [4.78, 5) is 0. The van der Waals surface area contributed by atoms with Crippen molar-refractivity contribution in [2.24, 2.45) is 17.8 Å². The normalized spacial score (nSPS) is 44.7. The van der Waals surface area contributed by atoms with E-state index in [9.17, 15) is 0 Å². The third-order valence-corrected chi connectivity index (χ3v) is 3.09. The van der Waals surface area contributed by atoms with Gasteiger partial charge in [0.2, 0.25) is 0 Å². The van der Waals surface area contributed by atoms with Crippen molar-refractivity contribution in [2.45, 2.75) is 32.1 Å². The molecule has 0 aromatic heterocycles. The van der Waals surface area contributed by atoms with E-state index in [1.165, 1.54) is 32.1 Å². The standard InChI is InChI=1S/C9H15.Li/c1-7-5-8-3-2-4-9(8)6-7;/h7-9H,1-6H2;/q-1;+1/t7?,8-,9?;/m1./s1. The second-order valence-electron chi connectivity index (χ2n) is 3.79. The second-order valence-corrected chi connectivity index (χ2v) is 3.79. The number of fused-ring (bicyclic) bond motifs is 1. The van der Waals surface area contributed by atoms with Crippen LogP contribution >= 0.6 is 0 Å². The Morgan fingerprint density at radius 3 is 2.00 bits per heavy atom. The zero-order valence-electron chi connectivity index (χ0n) is 6.97. The molecule has 0 radical (unpaired) electrons. The van der Waals surface area contributed by atoms with E-state index < -0.39 is 0 Å². The van der Waals surface area contributed by atoms with Crippen LogP contribution in [0.15, 0.2) is 0 Å². The predicted octanol–water partition coefficient (Wildman–Crippen LogP) is -0.349. The SMILES string of the molecule is [CH2-]C1CC2CCC[C@@H]2C1.[Li+]. The van der Waals surface area contributed by atoms with Crippen molar-refractivity contribution in [3.8, 4) is 0 Å². The summed E-state index contributed by atoms with van der Waals surface area (Å²) < 4.78 is 0. The molecule has 0 bridgehead atoms. The topological polar surface area (TPSA) is 0 Å². The van der Waals surface area contributed by atoms with Crippen LogP contribution < -0.4 is 18.9 Å². The Balaban J connectivity index is 0.000000500. The van der Waals surface area contributed by atoms with Gasteiger partial charge in [0.05, 0.1) is 0 Å². The van der Waals surface area contributed by atoms with Crippen LogP contribution in [0, 0.1) is 24.7 Å². The quantitative estimate of drug-likeness (QED) is 0.310. The number of rotatable bonds is 0. The third-order valence-electron chi connectivity index (χ3n) is 3.09. The average Bonchev–Trinajstić information content (AvgIpc) is 2.22. The Morgan fingerprint density at radius 2 is 1.50 bits per heavy atom. The third kappa shape index (κ3) is 1.43. The molecule has 3 atom stereocenters. The van der Waals surface area contributed by atoms with E-state index >= 15 is 0 Å². The van der Waals surface area contributed by atoms with Crippen LogP contribution in [0.25, 0.3) is 0 Å². The van der Waals surface area contributed by atoms with Crippen molar-refractivity contribution in [1.82, 2.24) is 0 Å². The monoisotopic (exact) mass is 130 g/mol. The van der Waals surface area contributed by atoms with Crippen molar-refractivity contribution in [3.63, 3.8) is 0 Å². The van der Waals surface area contributed by atoms with E-state index in [0.29, 0.717) is 0 Å².